The Morgan fingerprint density at radius 3 is 2.61 bits per heavy atom. The van der Waals surface area contributed by atoms with Crippen molar-refractivity contribution in [2.24, 2.45) is 0 Å². The van der Waals surface area contributed by atoms with Crippen LogP contribution in [0.15, 0.2) is 4.79 Å². The minimum absolute atomic E-state index is 0.0494. The molecule has 1 saturated heterocycles. The lowest BCUT2D eigenvalue weighted by molar-refractivity contribution is 0.0724. The summed E-state index contributed by atoms with van der Waals surface area (Å²) in [5.41, 5.74) is 4.13. The van der Waals surface area contributed by atoms with Crippen LogP contribution in [0.5, 0.6) is 0 Å². The van der Waals surface area contributed by atoms with Crippen LogP contribution >= 0.6 is 0 Å². The van der Waals surface area contributed by atoms with Gasteiger partial charge in [-0.05, 0) is 51.4 Å². The first-order valence-corrected chi connectivity index (χ1v) is 10.4. The van der Waals surface area contributed by atoms with Gasteiger partial charge in [0.05, 0.1) is 12.2 Å². The number of H-pyrrole nitrogens is 2. The van der Waals surface area contributed by atoms with Gasteiger partial charge in [0, 0.05) is 36.5 Å². The number of nitrogens with zero attached hydrogens (tertiary/aromatic N) is 4. The van der Waals surface area contributed by atoms with Crippen molar-refractivity contribution in [1.29, 1.82) is 0 Å². The van der Waals surface area contributed by atoms with Gasteiger partial charge in [-0.2, -0.15) is 5.10 Å². The highest BCUT2D eigenvalue weighted by molar-refractivity contribution is 5.94. The second kappa shape index (κ2) is 7.07. The Kier molecular flexibility index (Phi) is 4.41. The van der Waals surface area contributed by atoms with Crippen LogP contribution in [0.25, 0.3) is 0 Å². The number of amides is 1. The molecule has 0 spiro atoms. The predicted octanol–water partition coefficient (Wildman–Crippen LogP) is 1.56. The maximum absolute atomic E-state index is 13.1. The first kappa shape index (κ1) is 17.5. The Balaban J connectivity index is 1.41. The summed E-state index contributed by atoms with van der Waals surface area (Å²) in [6, 6.07) is 0. The minimum Gasteiger partial charge on any atom is -0.342 e. The number of carbonyl (C=O) groups excluding carboxylic acids is 1. The molecule has 2 aliphatic heterocycles. The number of rotatable bonds is 2. The van der Waals surface area contributed by atoms with Crippen LogP contribution < -0.4 is 10.5 Å². The summed E-state index contributed by atoms with van der Waals surface area (Å²) >= 11 is 0. The molecule has 1 fully saturated rings. The number of hydrogen-bond acceptors (Lipinski definition) is 5. The van der Waals surface area contributed by atoms with Crippen LogP contribution in [-0.2, 0) is 25.8 Å². The number of nitrogens with one attached hydrogen (secondary N) is 2. The Bertz CT molecular complexity index is 956. The SMILES string of the molecule is O=C(c1n[nH]c2c1CCCC2)N1CCc2c(nc(N3CCCCC3)[nH]c2=O)C1. The number of aromatic nitrogens is 4. The number of anilines is 1. The van der Waals surface area contributed by atoms with E-state index in [9.17, 15) is 9.59 Å². The molecule has 0 aromatic carbocycles. The number of fused-ring (bicyclic) bond motifs is 2. The number of carbonyl (C=O) groups is 1. The van der Waals surface area contributed by atoms with Gasteiger partial charge in [0.1, 0.15) is 0 Å². The second-order valence-electron chi connectivity index (χ2n) is 8.08. The van der Waals surface area contributed by atoms with Crippen LogP contribution in [-0.4, -0.2) is 50.6 Å². The summed E-state index contributed by atoms with van der Waals surface area (Å²) in [5.74, 6) is 0.599. The highest BCUT2D eigenvalue weighted by Crippen LogP contribution is 2.25. The van der Waals surface area contributed by atoms with Crippen LogP contribution in [0, 0.1) is 0 Å². The van der Waals surface area contributed by atoms with Crippen molar-refractivity contribution in [3.8, 4) is 0 Å². The molecule has 1 aliphatic carbocycles. The molecule has 2 aromatic rings. The molecule has 8 nitrogen and oxygen atoms in total. The maximum atomic E-state index is 13.1. The van der Waals surface area contributed by atoms with E-state index in [1.165, 1.54) is 6.42 Å². The molecule has 0 radical (unpaired) electrons. The van der Waals surface area contributed by atoms with Gasteiger partial charge in [-0.15, -0.1) is 0 Å². The van der Waals surface area contributed by atoms with Crippen molar-refractivity contribution in [2.45, 2.75) is 57.9 Å². The minimum atomic E-state index is -0.0604. The van der Waals surface area contributed by atoms with Crippen LogP contribution in [0.2, 0.25) is 0 Å². The van der Waals surface area contributed by atoms with Crippen molar-refractivity contribution >= 4 is 11.9 Å². The quantitative estimate of drug-likeness (QED) is 0.821. The van der Waals surface area contributed by atoms with Gasteiger partial charge in [-0.3, -0.25) is 19.7 Å². The molecule has 8 heteroatoms. The zero-order chi connectivity index (χ0) is 19.1. The monoisotopic (exact) mass is 382 g/mol. The van der Waals surface area contributed by atoms with Crippen molar-refractivity contribution in [1.82, 2.24) is 25.1 Å². The molecule has 148 valence electrons. The predicted molar refractivity (Wildman–Crippen MR) is 105 cm³/mol. The van der Waals surface area contributed by atoms with E-state index >= 15 is 0 Å². The Hall–Kier alpha value is -2.64. The Morgan fingerprint density at radius 2 is 1.75 bits per heavy atom. The summed E-state index contributed by atoms with van der Waals surface area (Å²) in [7, 11) is 0. The fourth-order valence-electron chi connectivity index (χ4n) is 4.66. The van der Waals surface area contributed by atoms with Gasteiger partial charge in [-0.25, -0.2) is 4.98 Å². The first-order chi connectivity index (χ1) is 13.7. The van der Waals surface area contributed by atoms with Crippen molar-refractivity contribution in [3.05, 3.63) is 38.6 Å². The number of aromatic amines is 2. The molecule has 5 rings (SSSR count). The maximum Gasteiger partial charge on any atom is 0.275 e. The highest BCUT2D eigenvalue weighted by atomic mass is 16.2. The molecule has 3 aliphatic rings. The Morgan fingerprint density at radius 1 is 0.929 bits per heavy atom. The molecule has 0 unspecified atom stereocenters. The molecule has 4 heterocycles. The third kappa shape index (κ3) is 3.00. The smallest absolute Gasteiger partial charge is 0.275 e. The second-order valence-corrected chi connectivity index (χ2v) is 8.08. The summed E-state index contributed by atoms with van der Waals surface area (Å²) < 4.78 is 0. The summed E-state index contributed by atoms with van der Waals surface area (Å²) in [6.07, 6.45) is 8.13. The van der Waals surface area contributed by atoms with Gasteiger partial charge < -0.3 is 9.80 Å². The van der Waals surface area contributed by atoms with E-state index in [1.807, 2.05) is 0 Å². The lowest BCUT2D eigenvalue weighted by Crippen LogP contribution is -2.41. The van der Waals surface area contributed by atoms with E-state index in [1.54, 1.807) is 4.90 Å². The van der Waals surface area contributed by atoms with Gasteiger partial charge in [0.15, 0.2) is 5.69 Å². The van der Waals surface area contributed by atoms with Crippen molar-refractivity contribution in [2.75, 3.05) is 24.5 Å². The third-order valence-electron chi connectivity index (χ3n) is 6.26. The van der Waals surface area contributed by atoms with Gasteiger partial charge in [-0.1, -0.05) is 0 Å². The average molecular weight is 382 g/mol. The van der Waals surface area contributed by atoms with Crippen LogP contribution in [0.3, 0.4) is 0 Å². The van der Waals surface area contributed by atoms with Crippen LogP contribution in [0.1, 0.15) is 65.1 Å². The zero-order valence-electron chi connectivity index (χ0n) is 16.1. The van der Waals surface area contributed by atoms with E-state index in [4.69, 9.17) is 4.98 Å². The normalized spacial score (nSPS) is 19.3. The summed E-state index contributed by atoms with van der Waals surface area (Å²) in [6.45, 7) is 2.75. The van der Waals surface area contributed by atoms with Crippen molar-refractivity contribution < 1.29 is 4.79 Å². The summed E-state index contributed by atoms with van der Waals surface area (Å²) in [5, 5.41) is 7.38. The summed E-state index contributed by atoms with van der Waals surface area (Å²) in [4.78, 5) is 37.4. The van der Waals surface area contributed by atoms with E-state index in [0.717, 1.165) is 68.6 Å². The third-order valence-corrected chi connectivity index (χ3v) is 6.26. The lowest BCUT2D eigenvalue weighted by Gasteiger charge is -2.30. The highest BCUT2D eigenvalue weighted by Gasteiger charge is 2.30. The molecule has 2 aromatic heterocycles. The molecule has 0 saturated carbocycles. The number of hydrogen-bond donors (Lipinski definition) is 2. The van der Waals surface area contributed by atoms with E-state index in [2.05, 4.69) is 20.1 Å². The van der Waals surface area contributed by atoms with Crippen LogP contribution in [0.4, 0.5) is 5.95 Å². The van der Waals surface area contributed by atoms with E-state index in [0.29, 0.717) is 36.7 Å². The van der Waals surface area contributed by atoms with Gasteiger partial charge >= 0.3 is 0 Å². The molecule has 0 atom stereocenters. The molecule has 1 amide bonds. The fraction of sp³-hybridized carbons (Fsp3) is 0.600. The standard InChI is InChI=1S/C20H26N6O2/c27-18-14-8-11-26(19(28)17-13-6-2-3-7-15(13)23-24-17)12-16(14)21-20(22-18)25-9-4-1-5-10-25/h1-12H2,(H,23,24)(H,21,22,27). The van der Waals surface area contributed by atoms with Gasteiger partial charge in [0.25, 0.3) is 11.5 Å². The Labute approximate surface area is 163 Å². The fourth-order valence-corrected chi connectivity index (χ4v) is 4.66. The first-order valence-electron chi connectivity index (χ1n) is 10.4. The zero-order valence-corrected chi connectivity index (χ0v) is 16.1. The number of aryl methyl sites for hydroxylation is 1. The molecule has 2 N–H and O–H groups in total. The largest absolute Gasteiger partial charge is 0.342 e. The average Bonchev–Trinajstić information content (AvgIpc) is 3.17. The van der Waals surface area contributed by atoms with E-state index in [-0.39, 0.29) is 11.5 Å². The molecular formula is C20H26N6O2. The molecule has 28 heavy (non-hydrogen) atoms. The van der Waals surface area contributed by atoms with Crippen molar-refractivity contribution in [3.63, 3.8) is 0 Å². The van der Waals surface area contributed by atoms with E-state index < -0.39 is 0 Å². The van der Waals surface area contributed by atoms with Gasteiger partial charge in [0.2, 0.25) is 5.95 Å². The number of piperidine rings is 1. The molecule has 0 bridgehead atoms. The molecular weight excluding hydrogens is 356 g/mol. The topological polar surface area (TPSA) is 98.0 Å². The lowest BCUT2D eigenvalue weighted by atomic mass is 9.95.